The van der Waals surface area contributed by atoms with Crippen molar-refractivity contribution in [3.05, 3.63) is 35.9 Å². The van der Waals surface area contributed by atoms with Gasteiger partial charge in [0, 0.05) is 13.1 Å². The molecule has 0 amide bonds. The molecular formula is C12H18N2O. The molecular weight excluding hydrogens is 188 g/mol. The van der Waals surface area contributed by atoms with Gasteiger partial charge in [0.15, 0.2) is 0 Å². The van der Waals surface area contributed by atoms with Gasteiger partial charge < -0.3 is 10.8 Å². The van der Waals surface area contributed by atoms with Crippen LogP contribution in [0.2, 0.25) is 0 Å². The third-order valence-corrected chi connectivity index (χ3v) is 2.99. The zero-order valence-corrected chi connectivity index (χ0v) is 8.84. The zero-order valence-electron chi connectivity index (χ0n) is 8.84. The minimum absolute atomic E-state index is 0.209. The number of piperidine rings is 1. The third kappa shape index (κ3) is 2.56. The molecule has 3 N–H and O–H groups in total. The summed E-state index contributed by atoms with van der Waals surface area (Å²) >= 11 is 0. The Bertz CT molecular complexity index is 302. The molecule has 2 rings (SSSR count). The molecule has 1 aromatic carbocycles. The molecule has 0 bridgehead atoms. The predicted molar refractivity (Wildman–Crippen MR) is 60.1 cm³/mol. The van der Waals surface area contributed by atoms with Crippen molar-refractivity contribution in [1.29, 1.82) is 0 Å². The topological polar surface area (TPSA) is 49.5 Å². The standard InChI is InChI=1S/C12H18N2O/c13-12-11(15)7-4-8-14(12)9-10-5-2-1-3-6-10/h1-3,5-6,11-12,15H,4,7-9,13H2/t11-,12-/m1/s1. The first kappa shape index (κ1) is 10.6. The summed E-state index contributed by atoms with van der Waals surface area (Å²) in [6.07, 6.45) is 1.27. The van der Waals surface area contributed by atoms with Gasteiger partial charge in [0.2, 0.25) is 0 Å². The van der Waals surface area contributed by atoms with Crippen LogP contribution in [0.25, 0.3) is 0 Å². The van der Waals surface area contributed by atoms with Crippen LogP contribution >= 0.6 is 0 Å². The molecule has 0 spiro atoms. The largest absolute Gasteiger partial charge is 0.390 e. The van der Waals surface area contributed by atoms with Crippen LogP contribution in [-0.4, -0.2) is 28.8 Å². The van der Waals surface area contributed by atoms with Crippen molar-refractivity contribution >= 4 is 0 Å². The van der Waals surface area contributed by atoms with E-state index in [1.54, 1.807) is 0 Å². The van der Waals surface area contributed by atoms with Gasteiger partial charge in [0.1, 0.15) is 0 Å². The van der Waals surface area contributed by atoms with Crippen LogP contribution in [0.3, 0.4) is 0 Å². The van der Waals surface area contributed by atoms with Gasteiger partial charge in [-0.3, -0.25) is 4.90 Å². The predicted octanol–water partition coefficient (Wildman–Crippen LogP) is 0.928. The Labute approximate surface area is 90.5 Å². The fourth-order valence-corrected chi connectivity index (χ4v) is 2.07. The lowest BCUT2D eigenvalue weighted by Crippen LogP contribution is -2.53. The number of benzene rings is 1. The van der Waals surface area contributed by atoms with Crippen molar-refractivity contribution in [2.24, 2.45) is 5.73 Å². The summed E-state index contributed by atoms with van der Waals surface area (Å²) < 4.78 is 0. The Kier molecular flexibility index (Phi) is 3.36. The summed E-state index contributed by atoms with van der Waals surface area (Å²) in [6.45, 7) is 1.81. The second-order valence-corrected chi connectivity index (χ2v) is 4.16. The summed E-state index contributed by atoms with van der Waals surface area (Å²) in [5.74, 6) is 0. The molecule has 1 aliphatic heterocycles. The smallest absolute Gasteiger partial charge is 0.0842 e. The molecule has 3 nitrogen and oxygen atoms in total. The molecule has 0 saturated carbocycles. The monoisotopic (exact) mass is 206 g/mol. The highest BCUT2D eigenvalue weighted by Gasteiger charge is 2.26. The van der Waals surface area contributed by atoms with Gasteiger partial charge in [-0.25, -0.2) is 0 Å². The molecule has 1 aromatic rings. The number of aliphatic hydroxyl groups is 1. The van der Waals surface area contributed by atoms with E-state index in [1.165, 1.54) is 5.56 Å². The quantitative estimate of drug-likeness (QED) is 0.756. The first-order valence-electron chi connectivity index (χ1n) is 5.49. The van der Waals surface area contributed by atoms with Crippen molar-refractivity contribution in [3.63, 3.8) is 0 Å². The molecule has 0 aromatic heterocycles. The minimum atomic E-state index is -0.373. The Morgan fingerprint density at radius 2 is 2.07 bits per heavy atom. The molecule has 0 aliphatic carbocycles. The molecule has 0 unspecified atom stereocenters. The molecule has 1 fully saturated rings. The Morgan fingerprint density at radius 1 is 1.33 bits per heavy atom. The van der Waals surface area contributed by atoms with Gasteiger partial charge in [-0.2, -0.15) is 0 Å². The average molecular weight is 206 g/mol. The fraction of sp³-hybridized carbons (Fsp3) is 0.500. The fourth-order valence-electron chi connectivity index (χ4n) is 2.07. The lowest BCUT2D eigenvalue weighted by Gasteiger charge is -2.36. The highest BCUT2D eigenvalue weighted by Crippen LogP contribution is 2.16. The Balaban J connectivity index is 1.99. The molecule has 1 heterocycles. The normalized spacial score (nSPS) is 27.9. The van der Waals surface area contributed by atoms with E-state index < -0.39 is 0 Å². The van der Waals surface area contributed by atoms with Crippen LogP contribution in [0.5, 0.6) is 0 Å². The maximum atomic E-state index is 9.66. The van der Waals surface area contributed by atoms with Crippen molar-refractivity contribution < 1.29 is 5.11 Å². The summed E-state index contributed by atoms with van der Waals surface area (Å²) in [5, 5.41) is 9.66. The molecule has 15 heavy (non-hydrogen) atoms. The van der Waals surface area contributed by atoms with Crippen LogP contribution in [0.1, 0.15) is 18.4 Å². The third-order valence-electron chi connectivity index (χ3n) is 2.99. The van der Waals surface area contributed by atoms with Gasteiger partial charge >= 0.3 is 0 Å². The maximum absolute atomic E-state index is 9.66. The van der Waals surface area contributed by atoms with Crippen LogP contribution < -0.4 is 5.73 Å². The number of likely N-dealkylation sites (tertiary alicyclic amines) is 1. The molecule has 0 radical (unpaired) electrons. The number of aliphatic hydroxyl groups excluding tert-OH is 1. The van der Waals surface area contributed by atoms with Gasteiger partial charge in [-0.05, 0) is 18.4 Å². The summed E-state index contributed by atoms with van der Waals surface area (Å²) in [4.78, 5) is 2.14. The number of hydrogen-bond acceptors (Lipinski definition) is 3. The zero-order chi connectivity index (χ0) is 10.7. The number of nitrogens with two attached hydrogens (primary N) is 1. The lowest BCUT2D eigenvalue weighted by molar-refractivity contribution is 0.00963. The SMILES string of the molecule is N[C@H]1[C@H](O)CCCN1Cc1ccccc1. The van der Waals surface area contributed by atoms with Gasteiger partial charge in [-0.15, -0.1) is 0 Å². The summed E-state index contributed by atoms with van der Waals surface area (Å²) in [6, 6.07) is 10.2. The van der Waals surface area contributed by atoms with E-state index in [0.717, 1.165) is 25.9 Å². The van der Waals surface area contributed by atoms with Crippen molar-refractivity contribution in [1.82, 2.24) is 4.90 Å². The molecule has 3 heteroatoms. The molecule has 82 valence electrons. The highest BCUT2D eigenvalue weighted by molar-refractivity contribution is 5.14. The van der Waals surface area contributed by atoms with Crippen molar-refractivity contribution in [2.45, 2.75) is 31.7 Å². The van der Waals surface area contributed by atoms with E-state index in [2.05, 4.69) is 17.0 Å². The van der Waals surface area contributed by atoms with Crippen LogP contribution in [0.4, 0.5) is 0 Å². The summed E-state index contributed by atoms with van der Waals surface area (Å²) in [5.41, 5.74) is 7.20. The Hall–Kier alpha value is -0.900. The lowest BCUT2D eigenvalue weighted by atomic mass is 10.0. The van der Waals surface area contributed by atoms with Crippen molar-refractivity contribution in [2.75, 3.05) is 6.54 Å². The summed E-state index contributed by atoms with van der Waals surface area (Å²) in [7, 11) is 0. The van der Waals surface area contributed by atoms with Crippen LogP contribution in [0, 0.1) is 0 Å². The van der Waals surface area contributed by atoms with Gasteiger partial charge in [-0.1, -0.05) is 30.3 Å². The van der Waals surface area contributed by atoms with Gasteiger partial charge in [0.05, 0.1) is 12.3 Å². The molecule has 1 saturated heterocycles. The Morgan fingerprint density at radius 3 is 2.80 bits per heavy atom. The second-order valence-electron chi connectivity index (χ2n) is 4.16. The first-order chi connectivity index (χ1) is 7.27. The molecule has 2 atom stereocenters. The average Bonchev–Trinajstić information content (AvgIpc) is 2.26. The minimum Gasteiger partial charge on any atom is -0.390 e. The van der Waals surface area contributed by atoms with Crippen LogP contribution in [-0.2, 0) is 6.54 Å². The van der Waals surface area contributed by atoms with E-state index in [0.29, 0.717) is 0 Å². The van der Waals surface area contributed by atoms with E-state index in [9.17, 15) is 5.11 Å². The second kappa shape index (κ2) is 4.75. The van der Waals surface area contributed by atoms with Crippen LogP contribution in [0.15, 0.2) is 30.3 Å². The number of rotatable bonds is 2. The van der Waals surface area contributed by atoms with E-state index in [-0.39, 0.29) is 12.3 Å². The molecule has 1 aliphatic rings. The van der Waals surface area contributed by atoms with Gasteiger partial charge in [0.25, 0.3) is 0 Å². The first-order valence-corrected chi connectivity index (χ1v) is 5.49. The van der Waals surface area contributed by atoms with E-state index >= 15 is 0 Å². The highest BCUT2D eigenvalue weighted by atomic mass is 16.3. The number of hydrogen-bond donors (Lipinski definition) is 2. The maximum Gasteiger partial charge on any atom is 0.0842 e. The van der Waals surface area contributed by atoms with E-state index in [1.807, 2.05) is 18.2 Å². The van der Waals surface area contributed by atoms with E-state index in [4.69, 9.17) is 5.73 Å². The van der Waals surface area contributed by atoms with Crippen molar-refractivity contribution in [3.8, 4) is 0 Å². The number of nitrogens with zero attached hydrogens (tertiary/aromatic N) is 1.